The standard InChI is InChI=1S/C17H16O5/c1-12(16(18)19)22-15-9-7-14(8-10-15)17(20)21-11-13-5-3-2-4-6-13/h2-10,12H,11H2,1H3,(H,18,19). The van der Waals surface area contributed by atoms with Crippen molar-refractivity contribution in [3.05, 3.63) is 65.7 Å². The van der Waals surface area contributed by atoms with Crippen molar-refractivity contribution in [3.63, 3.8) is 0 Å². The van der Waals surface area contributed by atoms with Crippen molar-refractivity contribution in [3.8, 4) is 5.75 Å². The largest absolute Gasteiger partial charge is 0.479 e. The van der Waals surface area contributed by atoms with E-state index in [2.05, 4.69) is 0 Å². The maximum absolute atomic E-state index is 11.9. The summed E-state index contributed by atoms with van der Waals surface area (Å²) in [5.41, 5.74) is 1.29. The molecule has 0 spiro atoms. The van der Waals surface area contributed by atoms with Gasteiger partial charge in [-0.2, -0.15) is 0 Å². The van der Waals surface area contributed by atoms with E-state index in [0.29, 0.717) is 11.3 Å². The Hall–Kier alpha value is -2.82. The van der Waals surface area contributed by atoms with Crippen LogP contribution in [0, 0.1) is 0 Å². The zero-order chi connectivity index (χ0) is 15.9. The summed E-state index contributed by atoms with van der Waals surface area (Å²) >= 11 is 0. The number of esters is 1. The number of rotatable bonds is 6. The lowest BCUT2D eigenvalue weighted by atomic mass is 10.2. The van der Waals surface area contributed by atoms with E-state index in [9.17, 15) is 9.59 Å². The highest BCUT2D eigenvalue weighted by Gasteiger charge is 2.13. The van der Waals surface area contributed by atoms with Crippen LogP contribution in [-0.4, -0.2) is 23.1 Å². The Balaban J connectivity index is 1.92. The molecule has 2 aromatic rings. The summed E-state index contributed by atoms with van der Waals surface area (Å²) in [4.78, 5) is 22.6. The zero-order valence-electron chi connectivity index (χ0n) is 12.1. The van der Waals surface area contributed by atoms with Crippen LogP contribution in [0.4, 0.5) is 0 Å². The van der Waals surface area contributed by atoms with E-state index < -0.39 is 18.0 Å². The monoisotopic (exact) mass is 300 g/mol. The highest BCUT2D eigenvalue weighted by atomic mass is 16.5. The van der Waals surface area contributed by atoms with Crippen molar-refractivity contribution in [1.29, 1.82) is 0 Å². The van der Waals surface area contributed by atoms with Crippen LogP contribution < -0.4 is 4.74 Å². The molecule has 0 saturated carbocycles. The lowest BCUT2D eigenvalue weighted by Crippen LogP contribution is -2.22. The van der Waals surface area contributed by atoms with Gasteiger partial charge in [-0.1, -0.05) is 30.3 Å². The molecule has 0 aliphatic heterocycles. The third-order valence-electron chi connectivity index (χ3n) is 2.96. The van der Waals surface area contributed by atoms with Gasteiger partial charge in [-0.15, -0.1) is 0 Å². The lowest BCUT2D eigenvalue weighted by Gasteiger charge is -2.10. The van der Waals surface area contributed by atoms with Gasteiger partial charge in [0.2, 0.25) is 0 Å². The Morgan fingerprint density at radius 1 is 1.05 bits per heavy atom. The van der Waals surface area contributed by atoms with Crippen molar-refractivity contribution in [2.45, 2.75) is 19.6 Å². The van der Waals surface area contributed by atoms with Crippen LogP contribution in [-0.2, 0) is 16.1 Å². The van der Waals surface area contributed by atoms with Crippen molar-refractivity contribution < 1.29 is 24.2 Å². The molecule has 0 aliphatic carbocycles. The van der Waals surface area contributed by atoms with Crippen LogP contribution in [0.2, 0.25) is 0 Å². The summed E-state index contributed by atoms with van der Waals surface area (Å²) < 4.78 is 10.4. The predicted octanol–water partition coefficient (Wildman–Crippen LogP) is 2.90. The van der Waals surface area contributed by atoms with E-state index in [0.717, 1.165) is 5.56 Å². The molecule has 5 heteroatoms. The first-order valence-corrected chi connectivity index (χ1v) is 6.77. The number of carboxylic acids is 1. The molecular formula is C17H16O5. The van der Waals surface area contributed by atoms with Crippen molar-refractivity contribution >= 4 is 11.9 Å². The second kappa shape index (κ2) is 7.26. The number of hydrogen-bond acceptors (Lipinski definition) is 4. The van der Waals surface area contributed by atoms with Crippen LogP contribution in [0.25, 0.3) is 0 Å². The Kier molecular flexibility index (Phi) is 5.14. The van der Waals surface area contributed by atoms with Crippen LogP contribution >= 0.6 is 0 Å². The van der Waals surface area contributed by atoms with Crippen LogP contribution in [0.1, 0.15) is 22.8 Å². The molecule has 0 amide bonds. The van der Waals surface area contributed by atoms with Crippen LogP contribution in [0.5, 0.6) is 5.75 Å². The summed E-state index contributed by atoms with van der Waals surface area (Å²) in [7, 11) is 0. The van der Waals surface area contributed by atoms with E-state index >= 15 is 0 Å². The SMILES string of the molecule is CC(Oc1ccc(C(=O)OCc2ccccc2)cc1)C(=O)O. The normalized spacial score (nSPS) is 11.5. The highest BCUT2D eigenvalue weighted by Crippen LogP contribution is 2.15. The third-order valence-corrected chi connectivity index (χ3v) is 2.96. The second-order valence-electron chi connectivity index (χ2n) is 4.68. The third kappa shape index (κ3) is 4.34. The smallest absolute Gasteiger partial charge is 0.344 e. The van der Waals surface area contributed by atoms with E-state index in [4.69, 9.17) is 14.6 Å². The van der Waals surface area contributed by atoms with Crippen molar-refractivity contribution in [2.75, 3.05) is 0 Å². The van der Waals surface area contributed by atoms with Gasteiger partial charge in [-0.3, -0.25) is 0 Å². The van der Waals surface area contributed by atoms with Gasteiger partial charge >= 0.3 is 11.9 Å². The topological polar surface area (TPSA) is 72.8 Å². The molecule has 5 nitrogen and oxygen atoms in total. The quantitative estimate of drug-likeness (QED) is 0.830. The minimum Gasteiger partial charge on any atom is -0.479 e. The van der Waals surface area contributed by atoms with Crippen molar-refractivity contribution in [2.24, 2.45) is 0 Å². The molecule has 1 atom stereocenters. The first-order chi connectivity index (χ1) is 10.6. The summed E-state index contributed by atoms with van der Waals surface area (Å²) in [5, 5.41) is 8.77. The van der Waals surface area contributed by atoms with Gasteiger partial charge in [0.1, 0.15) is 12.4 Å². The minimum atomic E-state index is -1.05. The van der Waals surface area contributed by atoms with Gasteiger partial charge in [-0.25, -0.2) is 9.59 Å². The van der Waals surface area contributed by atoms with E-state index in [-0.39, 0.29) is 6.61 Å². The molecule has 0 fully saturated rings. The molecule has 2 aromatic carbocycles. The summed E-state index contributed by atoms with van der Waals surface area (Å²) in [6, 6.07) is 15.5. The first kappa shape index (κ1) is 15.6. The summed E-state index contributed by atoms with van der Waals surface area (Å²) in [6.45, 7) is 1.64. The van der Waals surface area contributed by atoms with Gasteiger partial charge < -0.3 is 14.6 Å². The Morgan fingerprint density at radius 3 is 2.27 bits per heavy atom. The molecule has 0 aliphatic rings. The van der Waals surface area contributed by atoms with Gasteiger partial charge in [0.25, 0.3) is 0 Å². The molecule has 0 heterocycles. The van der Waals surface area contributed by atoms with Crippen molar-refractivity contribution in [1.82, 2.24) is 0 Å². The lowest BCUT2D eigenvalue weighted by molar-refractivity contribution is -0.144. The van der Waals surface area contributed by atoms with E-state index in [1.54, 1.807) is 12.1 Å². The van der Waals surface area contributed by atoms with Crippen LogP contribution in [0.3, 0.4) is 0 Å². The number of ether oxygens (including phenoxy) is 2. The van der Waals surface area contributed by atoms with Gasteiger partial charge in [-0.05, 0) is 36.8 Å². The number of carbonyl (C=O) groups excluding carboxylic acids is 1. The number of carbonyl (C=O) groups is 2. The first-order valence-electron chi connectivity index (χ1n) is 6.77. The van der Waals surface area contributed by atoms with Gasteiger partial charge in [0, 0.05) is 0 Å². The average Bonchev–Trinajstić information content (AvgIpc) is 2.54. The maximum atomic E-state index is 11.9. The van der Waals surface area contributed by atoms with Crippen LogP contribution in [0.15, 0.2) is 54.6 Å². The molecular weight excluding hydrogens is 284 g/mol. The fraction of sp³-hybridized carbons (Fsp3) is 0.176. The Bertz CT molecular complexity index is 634. The summed E-state index contributed by atoms with van der Waals surface area (Å²) in [6.07, 6.45) is -0.948. The molecule has 2 rings (SSSR count). The summed E-state index contributed by atoms with van der Waals surface area (Å²) in [5.74, 6) is -1.11. The van der Waals surface area contributed by atoms with E-state index in [1.807, 2.05) is 30.3 Å². The number of benzene rings is 2. The fourth-order valence-corrected chi connectivity index (χ4v) is 1.73. The van der Waals surface area contributed by atoms with Gasteiger partial charge in [0.15, 0.2) is 6.10 Å². The average molecular weight is 300 g/mol. The number of hydrogen-bond donors (Lipinski definition) is 1. The Labute approximate surface area is 128 Å². The molecule has 0 radical (unpaired) electrons. The minimum absolute atomic E-state index is 0.202. The second-order valence-corrected chi connectivity index (χ2v) is 4.68. The van der Waals surface area contributed by atoms with E-state index in [1.165, 1.54) is 19.1 Å². The predicted molar refractivity (Wildman–Crippen MR) is 79.7 cm³/mol. The number of aliphatic carboxylic acids is 1. The molecule has 0 saturated heterocycles. The molecule has 0 aromatic heterocycles. The fourth-order valence-electron chi connectivity index (χ4n) is 1.73. The zero-order valence-corrected chi connectivity index (χ0v) is 12.1. The number of carboxylic acid groups (broad SMARTS) is 1. The molecule has 1 N–H and O–H groups in total. The van der Waals surface area contributed by atoms with Gasteiger partial charge in [0.05, 0.1) is 5.56 Å². The molecule has 114 valence electrons. The maximum Gasteiger partial charge on any atom is 0.344 e. The molecule has 0 bridgehead atoms. The Morgan fingerprint density at radius 2 is 1.68 bits per heavy atom. The molecule has 22 heavy (non-hydrogen) atoms. The molecule has 1 unspecified atom stereocenters. The highest BCUT2D eigenvalue weighted by molar-refractivity contribution is 5.89.